The molecule has 21 heavy (non-hydrogen) atoms. The van der Waals surface area contributed by atoms with Crippen molar-refractivity contribution < 1.29 is 0 Å². The Morgan fingerprint density at radius 3 is 2.86 bits per heavy atom. The van der Waals surface area contributed by atoms with E-state index in [1.807, 2.05) is 11.8 Å². The third kappa shape index (κ3) is 5.26. The number of hydrogen-bond donors (Lipinski definition) is 1. The van der Waals surface area contributed by atoms with Gasteiger partial charge in [-0.1, -0.05) is 34.1 Å². The summed E-state index contributed by atoms with van der Waals surface area (Å²) >= 11 is 1.92. The molecule has 4 heteroatoms. The zero-order valence-electron chi connectivity index (χ0n) is 13.9. The van der Waals surface area contributed by atoms with Gasteiger partial charge in [-0.25, -0.2) is 9.97 Å². The Bertz CT molecular complexity index is 454. The van der Waals surface area contributed by atoms with Gasteiger partial charge in [0.05, 0.1) is 5.75 Å². The highest BCUT2D eigenvalue weighted by molar-refractivity contribution is 7.99. The molecule has 1 aromatic heterocycles. The first kappa shape index (κ1) is 16.8. The van der Waals surface area contributed by atoms with Crippen LogP contribution in [0.4, 0.5) is 0 Å². The molecule has 1 atom stereocenters. The number of thioether (sulfide) groups is 1. The van der Waals surface area contributed by atoms with Crippen LogP contribution in [0.5, 0.6) is 0 Å². The van der Waals surface area contributed by atoms with Crippen molar-refractivity contribution in [2.75, 3.05) is 6.54 Å². The number of nitrogens with zero attached hydrogens (tertiary/aromatic N) is 2. The van der Waals surface area contributed by atoms with E-state index in [-0.39, 0.29) is 4.75 Å². The molecule has 118 valence electrons. The highest BCUT2D eigenvalue weighted by Crippen LogP contribution is 2.29. The Morgan fingerprint density at radius 2 is 2.14 bits per heavy atom. The van der Waals surface area contributed by atoms with Crippen molar-refractivity contribution in [3.8, 4) is 0 Å². The van der Waals surface area contributed by atoms with Crippen LogP contribution in [0.15, 0.2) is 6.20 Å². The average molecular weight is 308 g/mol. The molecule has 1 aliphatic carbocycles. The molecular formula is C17H29N3S. The van der Waals surface area contributed by atoms with Crippen molar-refractivity contribution in [3.05, 3.63) is 23.3 Å². The second kappa shape index (κ2) is 7.59. The van der Waals surface area contributed by atoms with Crippen LogP contribution in [0.25, 0.3) is 0 Å². The van der Waals surface area contributed by atoms with Gasteiger partial charge in [0.1, 0.15) is 5.82 Å². The molecule has 1 heterocycles. The van der Waals surface area contributed by atoms with Crippen molar-refractivity contribution in [2.45, 2.75) is 76.3 Å². The van der Waals surface area contributed by atoms with E-state index in [4.69, 9.17) is 4.98 Å². The molecule has 2 rings (SSSR count). The number of aryl methyl sites for hydroxylation is 1. The predicted octanol–water partition coefficient (Wildman–Crippen LogP) is 4.28. The Balaban J connectivity index is 2.12. The van der Waals surface area contributed by atoms with Crippen LogP contribution in [0.2, 0.25) is 0 Å². The van der Waals surface area contributed by atoms with Crippen LogP contribution in [0, 0.1) is 0 Å². The molecule has 0 saturated carbocycles. The Kier molecular flexibility index (Phi) is 6.06. The van der Waals surface area contributed by atoms with E-state index in [1.165, 1.54) is 36.9 Å². The maximum Gasteiger partial charge on any atom is 0.138 e. The zero-order valence-corrected chi connectivity index (χ0v) is 14.7. The van der Waals surface area contributed by atoms with Gasteiger partial charge in [0.25, 0.3) is 0 Å². The fourth-order valence-corrected chi connectivity index (χ4v) is 3.34. The van der Waals surface area contributed by atoms with Gasteiger partial charge in [0, 0.05) is 28.2 Å². The lowest BCUT2D eigenvalue weighted by atomic mass is 10.0. The van der Waals surface area contributed by atoms with E-state index in [9.17, 15) is 0 Å². The molecule has 1 aromatic rings. The van der Waals surface area contributed by atoms with Gasteiger partial charge in [-0.3, -0.25) is 0 Å². The molecule has 0 saturated heterocycles. The van der Waals surface area contributed by atoms with Crippen LogP contribution in [0.3, 0.4) is 0 Å². The number of rotatable bonds is 5. The van der Waals surface area contributed by atoms with E-state index in [1.54, 1.807) is 0 Å². The summed E-state index contributed by atoms with van der Waals surface area (Å²) in [6.07, 6.45) is 8.11. The van der Waals surface area contributed by atoms with Gasteiger partial charge in [-0.2, -0.15) is 0 Å². The molecule has 1 unspecified atom stereocenters. The highest BCUT2D eigenvalue weighted by atomic mass is 32.2. The van der Waals surface area contributed by atoms with E-state index in [0.29, 0.717) is 6.04 Å². The first-order valence-corrected chi connectivity index (χ1v) is 9.20. The van der Waals surface area contributed by atoms with Crippen LogP contribution in [-0.2, 0) is 12.2 Å². The normalized spacial score (nSPS) is 19.1. The zero-order chi connectivity index (χ0) is 15.3. The monoisotopic (exact) mass is 307 g/mol. The fourth-order valence-electron chi connectivity index (χ4n) is 2.64. The van der Waals surface area contributed by atoms with Gasteiger partial charge in [0.2, 0.25) is 0 Å². The summed E-state index contributed by atoms with van der Waals surface area (Å²) in [5.41, 5.74) is 2.62. The fraction of sp³-hybridized carbons (Fsp3) is 0.765. The van der Waals surface area contributed by atoms with Crippen LogP contribution < -0.4 is 5.32 Å². The highest BCUT2D eigenvalue weighted by Gasteiger charge is 2.20. The Hall–Kier alpha value is -0.610. The lowest BCUT2D eigenvalue weighted by Crippen LogP contribution is -2.23. The minimum Gasteiger partial charge on any atom is -0.310 e. The summed E-state index contributed by atoms with van der Waals surface area (Å²) < 4.78 is 0.265. The summed E-state index contributed by atoms with van der Waals surface area (Å²) in [6, 6.07) is 0.451. The number of hydrogen-bond acceptors (Lipinski definition) is 4. The van der Waals surface area contributed by atoms with Crippen molar-refractivity contribution >= 4 is 11.8 Å². The molecule has 0 fully saturated rings. The number of aromatic nitrogens is 2. The smallest absolute Gasteiger partial charge is 0.138 e. The maximum atomic E-state index is 4.86. The topological polar surface area (TPSA) is 37.8 Å². The molecule has 0 spiro atoms. The molecule has 3 nitrogen and oxygen atoms in total. The minimum absolute atomic E-state index is 0.265. The summed E-state index contributed by atoms with van der Waals surface area (Å²) in [5, 5.41) is 3.66. The number of fused-ring (bicyclic) bond motifs is 1. The largest absolute Gasteiger partial charge is 0.310 e. The first-order valence-electron chi connectivity index (χ1n) is 8.21. The van der Waals surface area contributed by atoms with Gasteiger partial charge in [-0.05, 0) is 32.2 Å². The van der Waals surface area contributed by atoms with Crippen molar-refractivity contribution in [2.24, 2.45) is 0 Å². The van der Waals surface area contributed by atoms with Crippen LogP contribution in [-0.4, -0.2) is 21.3 Å². The lowest BCUT2D eigenvalue weighted by molar-refractivity contribution is 0.488. The molecule has 0 amide bonds. The number of nitrogens with one attached hydrogen (secondary N) is 1. The molecule has 0 bridgehead atoms. The average Bonchev–Trinajstić information content (AvgIpc) is 2.64. The molecule has 0 aromatic carbocycles. The second-order valence-corrected chi connectivity index (χ2v) is 8.64. The summed E-state index contributed by atoms with van der Waals surface area (Å²) in [5.74, 6) is 1.90. The van der Waals surface area contributed by atoms with E-state index in [0.717, 1.165) is 24.5 Å². The Morgan fingerprint density at radius 1 is 1.33 bits per heavy atom. The molecule has 0 aliphatic heterocycles. The van der Waals surface area contributed by atoms with Crippen molar-refractivity contribution in [3.63, 3.8) is 0 Å². The van der Waals surface area contributed by atoms with Crippen molar-refractivity contribution in [1.29, 1.82) is 0 Å². The van der Waals surface area contributed by atoms with Crippen molar-refractivity contribution in [1.82, 2.24) is 15.3 Å². The van der Waals surface area contributed by atoms with E-state index >= 15 is 0 Å². The SMILES string of the molecule is CCCNC1CCCCc2nc(CSC(C)(C)C)ncc21. The van der Waals surface area contributed by atoms with Crippen LogP contribution in [0.1, 0.15) is 76.5 Å². The van der Waals surface area contributed by atoms with E-state index in [2.05, 4.69) is 44.2 Å². The summed E-state index contributed by atoms with van der Waals surface area (Å²) in [7, 11) is 0. The van der Waals surface area contributed by atoms with Crippen LogP contribution >= 0.6 is 11.8 Å². The van der Waals surface area contributed by atoms with Gasteiger partial charge in [-0.15, -0.1) is 11.8 Å². The first-order chi connectivity index (χ1) is 9.99. The maximum absolute atomic E-state index is 4.86. The van der Waals surface area contributed by atoms with E-state index < -0.39 is 0 Å². The summed E-state index contributed by atoms with van der Waals surface area (Å²) in [6.45, 7) is 10.0. The standard InChI is InChI=1S/C17H29N3S/c1-5-10-18-14-8-6-7-9-15-13(14)11-19-16(20-15)12-21-17(2,3)4/h11,14,18H,5-10,12H2,1-4H3. The van der Waals surface area contributed by atoms with Gasteiger partial charge >= 0.3 is 0 Å². The predicted molar refractivity (Wildman–Crippen MR) is 91.7 cm³/mol. The Labute approximate surface area is 133 Å². The lowest BCUT2D eigenvalue weighted by Gasteiger charge is -2.20. The third-order valence-electron chi connectivity index (χ3n) is 3.76. The van der Waals surface area contributed by atoms with Gasteiger partial charge < -0.3 is 5.32 Å². The molecule has 0 radical (unpaired) electrons. The molecule has 1 N–H and O–H groups in total. The summed E-state index contributed by atoms with van der Waals surface area (Å²) in [4.78, 5) is 9.49. The minimum atomic E-state index is 0.265. The quantitative estimate of drug-likeness (QED) is 0.824. The third-order valence-corrected chi connectivity index (χ3v) is 5.03. The van der Waals surface area contributed by atoms with Gasteiger partial charge in [0.15, 0.2) is 0 Å². The second-order valence-electron chi connectivity index (χ2n) is 6.84. The molecular weight excluding hydrogens is 278 g/mol. The molecule has 1 aliphatic rings.